The van der Waals surface area contributed by atoms with Crippen LogP contribution in [0.3, 0.4) is 0 Å². The summed E-state index contributed by atoms with van der Waals surface area (Å²) in [5, 5.41) is 0. The van der Waals surface area contributed by atoms with E-state index in [9.17, 15) is 13.6 Å². The molecule has 1 rings (SSSR count). The van der Waals surface area contributed by atoms with E-state index in [0.29, 0.717) is 0 Å². The Hall–Kier alpha value is -1.33. The van der Waals surface area contributed by atoms with E-state index in [0.717, 1.165) is 4.90 Å². The van der Waals surface area contributed by atoms with Crippen molar-refractivity contribution in [3.8, 4) is 0 Å². The van der Waals surface area contributed by atoms with Crippen LogP contribution in [0.5, 0.6) is 0 Å². The zero-order valence-corrected chi connectivity index (χ0v) is 10.3. The summed E-state index contributed by atoms with van der Waals surface area (Å²) in [6.07, 6.45) is -1.28. The summed E-state index contributed by atoms with van der Waals surface area (Å²) in [7, 11) is 0. The Bertz CT molecular complexity index is 337. The maximum atomic E-state index is 13.3. The summed E-state index contributed by atoms with van der Waals surface area (Å²) < 4.78 is 31.6. The molecule has 98 valence electrons. The molecule has 0 aromatic heterocycles. The van der Waals surface area contributed by atoms with Gasteiger partial charge in [-0.2, -0.15) is 0 Å². The van der Waals surface area contributed by atoms with Crippen molar-refractivity contribution in [2.24, 2.45) is 5.73 Å². The van der Waals surface area contributed by atoms with Crippen molar-refractivity contribution in [2.75, 3.05) is 6.54 Å². The first kappa shape index (κ1) is 13.7. The number of carbonyl (C=O) groups excluding carboxylic acids is 1. The first-order valence-corrected chi connectivity index (χ1v) is 5.33. The van der Waals surface area contributed by atoms with Crippen molar-refractivity contribution in [1.29, 1.82) is 0 Å². The van der Waals surface area contributed by atoms with Gasteiger partial charge in [0.1, 0.15) is 5.60 Å². The molecule has 2 N–H and O–H groups in total. The molecule has 1 unspecified atom stereocenters. The molecule has 1 amide bonds. The summed E-state index contributed by atoms with van der Waals surface area (Å²) in [4.78, 5) is 12.7. The number of ether oxygens (including phenoxy) is 1. The number of nitrogens with zero attached hydrogens (tertiary/aromatic N) is 1. The van der Waals surface area contributed by atoms with E-state index < -0.39 is 36.6 Å². The molecule has 0 spiro atoms. The van der Waals surface area contributed by atoms with E-state index in [-0.39, 0.29) is 5.70 Å². The summed E-state index contributed by atoms with van der Waals surface area (Å²) in [5.74, 6) is -2.94. The van der Waals surface area contributed by atoms with Gasteiger partial charge >= 0.3 is 6.09 Å². The average molecular weight is 248 g/mol. The lowest BCUT2D eigenvalue weighted by atomic mass is 10.1. The van der Waals surface area contributed by atoms with Crippen molar-refractivity contribution in [1.82, 2.24) is 4.90 Å². The molecule has 0 aromatic rings. The lowest BCUT2D eigenvalue weighted by molar-refractivity contribution is -0.00222. The van der Waals surface area contributed by atoms with Gasteiger partial charge in [-0.15, -0.1) is 0 Å². The summed E-state index contributed by atoms with van der Waals surface area (Å²) in [6.45, 7) is 7.77. The van der Waals surface area contributed by atoms with E-state index in [4.69, 9.17) is 10.5 Å². The minimum atomic E-state index is -2.94. The van der Waals surface area contributed by atoms with Crippen LogP contribution < -0.4 is 5.73 Å². The van der Waals surface area contributed by atoms with Crippen molar-refractivity contribution in [2.45, 2.75) is 44.8 Å². The highest BCUT2D eigenvalue weighted by atomic mass is 19.3. The van der Waals surface area contributed by atoms with E-state index >= 15 is 0 Å². The summed E-state index contributed by atoms with van der Waals surface area (Å²) >= 11 is 0. The van der Waals surface area contributed by atoms with Gasteiger partial charge in [-0.25, -0.2) is 13.6 Å². The third-order valence-corrected chi connectivity index (χ3v) is 2.33. The Morgan fingerprint density at radius 3 is 2.47 bits per heavy atom. The van der Waals surface area contributed by atoms with Crippen molar-refractivity contribution >= 4 is 6.09 Å². The number of rotatable bonds is 1. The maximum Gasteiger partial charge on any atom is 0.411 e. The Morgan fingerprint density at radius 1 is 1.53 bits per heavy atom. The van der Waals surface area contributed by atoms with Crippen LogP contribution in [-0.4, -0.2) is 35.1 Å². The Labute approximate surface area is 99.4 Å². The van der Waals surface area contributed by atoms with Gasteiger partial charge in [0.25, 0.3) is 5.92 Å². The molecule has 4 nitrogen and oxygen atoms in total. The van der Waals surface area contributed by atoms with Crippen LogP contribution in [-0.2, 0) is 4.74 Å². The fourth-order valence-electron chi connectivity index (χ4n) is 1.66. The number of halogens is 2. The molecule has 6 heteroatoms. The SMILES string of the molecule is C=C(N)C1CC(F)(F)CN1C(=O)OC(C)(C)C. The molecule has 0 aromatic carbocycles. The van der Waals surface area contributed by atoms with Crippen LogP contribution in [0.15, 0.2) is 12.3 Å². The van der Waals surface area contributed by atoms with Gasteiger partial charge < -0.3 is 10.5 Å². The molecule has 1 fully saturated rings. The van der Waals surface area contributed by atoms with E-state index in [1.807, 2.05) is 0 Å². The van der Waals surface area contributed by atoms with Gasteiger partial charge in [0, 0.05) is 12.1 Å². The van der Waals surface area contributed by atoms with Gasteiger partial charge in [-0.05, 0) is 20.8 Å². The van der Waals surface area contributed by atoms with Crippen LogP contribution in [0, 0.1) is 0 Å². The fourth-order valence-corrected chi connectivity index (χ4v) is 1.66. The number of amides is 1. The van der Waals surface area contributed by atoms with Gasteiger partial charge in [0.15, 0.2) is 0 Å². The van der Waals surface area contributed by atoms with E-state index in [1.165, 1.54) is 0 Å². The zero-order chi connectivity index (χ0) is 13.4. The number of likely N-dealkylation sites (tertiary alicyclic amines) is 1. The highest BCUT2D eigenvalue weighted by Gasteiger charge is 2.48. The zero-order valence-electron chi connectivity index (χ0n) is 10.3. The van der Waals surface area contributed by atoms with E-state index in [1.54, 1.807) is 20.8 Å². The van der Waals surface area contributed by atoms with Crippen LogP contribution in [0.2, 0.25) is 0 Å². The third-order valence-electron chi connectivity index (χ3n) is 2.33. The largest absolute Gasteiger partial charge is 0.444 e. The standard InChI is InChI=1S/C11H18F2N2O2/c1-7(14)8-5-11(12,13)6-15(8)9(16)17-10(2,3)4/h8H,1,5-6,14H2,2-4H3. The lowest BCUT2D eigenvalue weighted by Gasteiger charge is -2.28. The Kier molecular flexibility index (Phi) is 3.36. The number of nitrogens with two attached hydrogens (primary N) is 1. The third kappa shape index (κ3) is 3.57. The number of hydrogen-bond donors (Lipinski definition) is 1. The molecule has 1 aliphatic heterocycles. The molecular formula is C11H18F2N2O2. The normalized spacial score (nSPS) is 23.6. The predicted octanol–water partition coefficient (Wildman–Crippen LogP) is 2.10. The monoisotopic (exact) mass is 248 g/mol. The quantitative estimate of drug-likeness (QED) is 0.773. The van der Waals surface area contributed by atoms with Gasteiger partial charge in [-0.1, -0.05) is 6.58 Å². The molecule has 1 atom stereocenters. The number of hydrogen-bond acceptors (Lipinski definition) is 3. The molecular weight excluding hydrogens is 230 g/mol. The smallest absolute Gasteiger partial charge is 0.411 e. The number of alkyl halides is 2. The molecule has 0 bridgehead atoms. The van der Waals surface area contributed by atoms with Crippen LogP contribution >= 0.6 is 0 Å². The molecule has 1 heterocycles. The molecule has 0 radical (unpaired) electrons. The fraction of sp³-hybridized carbons (Fsp3) is 0.727. The first-order chi connectivity index (χ1) is 7.52. The van der Waals surface area contributed by atoms with Crippen molar-refractivity contribution in [3.05, 3.63) is 12.3 Å². The van der Waals surface area contributed by atoms with Gasteiger partial charge in [0.05, 0.1) is 12.6 Å². The molecule has 0 saturated carbocycles. The van der Waals surface area contributed by atoms with Crippen molar-refractivity contribution in [3.63, 3.8) is 0 Å². The molecule has 17 heavy (non-hydrogen) atoms. The number of carbonyl (C=O) groups is 1. The lowest BCUT2D eigenvalue weighted by Crippen LogP contribution is -2.42. The molecule has 1 aliphatic rings. The van der Waals surface area contributed by atoms with Crippen LogP contribution in [0.4, 0.5) is 13.6 Å². The Balaban J connectivity index is 2.81. The van der Waals surface area contributed by atoms with Gasteiger partial charge in [0.2, 0.25) is 0 Å². The minimum Gasteiger partial charge on any atom is -0.444 e. The van der Waals surface area contributed by atoms with Crippen LogP contribution in [0.25, 0.3) is 0 Å². The van der Waals surface area contributed by atoms with Crippen molar-refractivity contribution < 1.29 is 18.3 Å². The van der Waals surface area contributed by atoms with Gasteiger partial charge in [-0.3, -0.25) is 4.90 Å². The second-order valence-electron chi connectivity index (χ2n) is 5.26. The summed E-state index contributed by atoms with van der Waals surface area (Å²) in [6, 6.07) is -0.861. The second-order valence-corrected chi connectivity index (χ2v) is 5.26. The molecule has 0 aliphatic carbocycles. The Morgan fingerprint density at radius 2 is 2.06 bits per heavy atom. The minimum absolute atomic E-state index is 0.0491. The maximum absolute atomic E-state index is 13.3. The second kappa shape index (κ2) is 4.16. The summed E-state index contributed by atoms with van der Waals surface area (Å²) in [5.41, 5.74) is 4.76. The molecule has 1 saturated heterocycles. The van der Waals surface area contributed by atoms with Crippen LogP contribution in [0.1, 0.15) is 27.2 Å². The predicted molar refractivity (Wildman–Crippen MR) is 59.6 cm³/mol. The van der Waals surface area contributed by atoms with E-state index in [2.05, 4.69) is 6.58 Å². The highest BCUT2D eigenvalue weighted by molar-refractivity contribution is 5.69. The first-order valence-electron chi connectivity index (χ1n) is 5.33. The average Bonchev–Trinajstić information content (AvgIpc) is 2.38. The highest BCUT2D eigenvalue weighted by Crippen LogP contribution is 2.34. The topological polar surface area (TPSA) is 55.6 Å².